The Labute approximate surface area is 138 Å². The summed E-state index contributed by atoms with van der Waals surface area (Å²) in [5, 5.41) is 6.45. The van der Waals surface area contributed by atoms with Gasteiger partial charge in [0.25, 0.3) is 0 Å². The number of carbonyl (C=O) groups is 2. The van der Waals surface area contributed by atoms with E-state index in [2.05, 4.69) is 10.6 Å². The van der Waals surface area contributed by atoms with E-state index < -0.39 is 0 Å². The minimum absolute atomic E-state index is 0.0164. The first kappa shape index (κ1) is 17.5. The summed E-state index contributed by atoms with van der Waals surface area (Å²) in [6.45, 7) is 4.63. The molecule has 5 nitrogen and oxygen atoms in total. The van der Waals surface area contributed by atoms with Gasteiger partial charge in [-0.15, -0.1) is 0 Å². The number of amides is 2. The van der Waals surface area contributed by atoms with Crippen LogP contribution < -0.4 is 10.6 Å². The fourth-order valence-corrected chi connectivity index (χ4v) is 2.88. The Bertz CT molecular complexity index is 504. The second-order valence-corrected chi connectivity index (χ2v) is 6.04. The molecule has 2 N–H and O–H groups in total. The van der Waals surface area contributed by atoms with Crippen molar-refractivity contribution in [1.29, 1.82) is 0 Å². The van der Waals surface area contributed by atoms with Gasteiger partial charge in [-0.05, 0) is 31.4 Å². The van der Waals surface area contributed by atoms with Gasteiger partial charge >= 0.3 is 0 Å². The first-order chi connectivity index (χ1) is 11.2. The summed E-state index contributed by atoms with van der Waals surface area (Å²) >= 11 is 0. The normalized spacial score (nSPS) is 21.5. The molecule has 1 aromatic carbocycles. The van der Waals surface area contributed by atoms with E-state index in [0.717, 1.165) is 44.5 Å². The van der Waals surface area contributed by atoms with E-state index in [9.17, 15) is 9.59 Å². The molecule has 23 heavy (non-hydrogen) atoms. The molecule has 1 fully saturated rings. The van der Waals surface area contributed by atoms with Gasteiger partial charge in [-0.1, -0.05) is 30.3 Å². The lowest BCUT2D eigenvalue weighted by molar-refractivity contribution is -0.129. The predicted octanol–water partition coefficient (Wildman–Crippen LogP) is 1.86. The molecule has 1 aromatic rings. The quantitative estimate of drug-likeness (QED) is 0.831. The number of nitrogens with one attached hydrogen (secondary N) is 2. The van der Waals surface area contributed by atoms with Gasteiger partial charge in [-0.2, -0.15) is 0 Å². The minimum atomic E-state index is 0.0164. The Balaban J connectivity index is 2.01. The second kappa shape index (κ2) is 9.30. The third-order valence-electron chi connectivity index (χ3n) is 4.21. The first-order valence-electron chi connectivity index (χ1n) is 8.47. The van der Waals surface area contributed by atoms with Gasteiger partial charge in [0.2, 0.25) is 11.8 Å². The number of carbonyl (C=O) groups excluding carboxylic acids is 2. The molecule has 0 aromatic heterocycles. The van der Waals surface area contributed by atoms with Crippen molar-refractivity contribution >= 4 is 11.8 Å². The van der Waals surface area contributed by atoms with Crippen molar-refractivity contribution in [2.24, 2.45) is 0 Å². The fraction of sp³-hybridized carbons (Fsp3) is 0.556. The first-order valence-corrected chi connectivity index (χ1v) is 8.47. The molecule has 0 saturated carbocycles. The minimum Gasteiger partial charge on any atom is -0.356 e. The molecule has 1 heterocycles. The largest absolute Gasteiger partial charge is 0.356 e. The van der Waals surface area contributed by atoms with Crippen LogP contribution in [0.3, 0.4) is 0 Å². The van der Waals surface area contributed by atoms with Crippen LogP contribution in [-0.4, -0.2) is 42.9 Å². The molecule has 2 amide bonds. The van der Waals surface area contributed by atoms with Crippen LogP contribution in [0.4, 0.5) is 0 Å². The van der Waals surface area contributed by atoms with Crippen LogP contribution in [0.15, 0.2) is 30.3 Å². The molecule has 1 aliphatic rings. The number of rotatable bonds is 1. The standard InChI is InChI=1S/C18H27N3O2/c1-15(22)21-12-6-5-10-20-18(23)14-17(19-11-7-13-21)16-8-3-2-4-9-16/h2-4,8-9,17,19H,5-7,10-14H2,1H3,(H,20,23). The van der Waals surface area contributed by atoms with E-state index in [1.807, 2.05) is 35.2 Å². The zero-order valence-electron chi connectivity index (χ0n) is 13.9. The van der Waals surface area contributed by atoms with Crippen molar-refractivity contribution in [2.75, 3.05) is 26.2 Å². The smallest absolute Gasteiger partial charge is 0.221 e. The monoisotopic (exact) mass is 317 g/mol. The van der Waals surface area contributed by atoms with E-state index in [0.29, 0.717) is 13.0 Å². The summed E-state index contributed by atoms with van der Waals surface area (Å²) in [6.07, 6.45) is 3.17. The van der Waals surface area contributed by atoms with Crippen molar-refractivity contribution in [1.82, 2.24) is 15.5 Å². The van der Waals surface area contributed by atoms with E-state index in [4.69, 9.17) is 0 Å². The predicted molar refractivity (Wildman–Crippen MR) is 90.9 cm³/mol. The molecule has 126 valence electrons. The van der Waals surface area contributed by atoms with Crippen molar-refractivity contribution < 1.29 is 9.59 Å². The highest BCUT2D eigenvalue weighted by molar-refractivity contribution is 5.76. The molecule has 0 aliphatic carbocycles. The lowest BCUT2D eigenvalue weighted by atomic mass is 10.0. The molecule has 1 atom stereocenters. The zero-order valence-corrected chi connectivity index (χ0v) is 13.9. The molecule has 0 radical (unpaired) electrons. The Morgan fingerprint density at radius 3 is 2.57 bits per heavy atom. The Morgan fingerprint density at radius 1 is 1.09 bits per heavy atom. The summed E-state index contributed by atoms with van der Waals surface area (Å²) in [4.78, 5) is 25.7. The van der Waals surface area contributed by atoms with Crippen LogP contribution >= 0.6 is 0 Å². The van der Waals surface area contributed by atoms with E-state index in [1.54, 1.807) is 6.92 Å². The summed E-state index contributed by atoms with van der Waals surface area (Å²) < 4.78 is 0. The van der Waals surface area contributed by atoms with Gasteiger partial charge in [0.1, 0.15) is 0 Å². The molecule has 1 aliphatic heterocycles. The maximum Gasteiger partial charge on any atom is 0.221 e. The summed E-state index contributed by atoms with van der Waals surface area (Å²) in [7, 11) is 0. The molecule has 5 heteroatoms. The van der Waals surface area contributed by atoms with E-state index in [-0.39, 0.29) is 17.9 Å². The van der Waals surface area contributed by atoms with Crippen LogP contribution in [0.5, 0.6) is 0 Å². The fourth-order valence-electron chi connectivity index (χ4n) is 2.88. The van der Waals surface area contributed by atoms with Crippen LogP contribution in [-0.2, 0) is 9.59 Å². The average molecular weight is 317 g/mol. The molecule has 1 unspecified atom stereocenters. The SMILES string of the molecule is CC(=O)N1CCCCNC(=O)CC(c2ccccc2)NCCC1. The maximum absolute atomic E-state index is 12.1. The van der Waals surface area contributed by atoms with Gasteiger partial charge in [-0.3, -0.25) is 9.59 Å². The molecule has 1 saturated heterocycles. The van der Waals surface area contributed by atoms with Crippen LogP contribution in [0.1, 0.15) is 44.2 Å². The summed E-state index contributed by atoms with van der Waals surface area (Å²) in [5.74, 6) is 0.206. The third kappa shape index (κ3) is 6.02. The zero-order chi connectivity index (χ0) is 16.5. The lowest BCUT2D eigenvalue weighted by Gasteiger charge is -2.22. The average Bonchev–Trinajstić information content (AvgIpc) is 2.57. The Kier molecular flexibility index (Phi) is 7.07. The topological polar surface area (TPSA) is 61.4 Å². The molecule has 2 rings (SSSR count). The lowest BCUT2D eigenvalue weighted by Crippen LogP contribution is -2.33. The van der Waals surface area contributed by atoms with Crippen molar-refractivity contribution in [3.05, 3.63) is 35.9 Å². The van der Waals surface area contributed by atoms with Gasteiger partial charge in [0.05, 0.1) is 0 Å². The summed E-state index contributed by atoms with van der Waals surface area (Å²) in [5.41, 5.74) is 1.13. The highest BCUT2D eigenvalue weighted by Crippen LogP contribution is 2.16. The van der Waals surface area contributed by atoms with Gasteiger partial charge in [0, 0.05) is 39.0 Å². The van der Waals surface area contributed by atoms with Crippen LogP contribution in [0.2, 0.25) is 0 Å². The second-order valence-electron chi connectivity index (χ2n) is 6.04. The Morgan fingerprint density at radius 2 is 1.83 bits per heavy atom. The van der Waals surface area contributed by atoms with Gasteiger partial charge < -0.3 is 15.5 Å². The van der Waals surface area contributed by atoms with Gasteiger partial charge in [0.15, 0.2) is 0 Å². The highest BCUT2D eigenvalue weighted by Gasteiger charge is 2.16. The van der Waals surface area contributed by atoms with Gasteiger partial charge in [-0.25, -0.2) is 0 Å². The Hall–Kier alpha value is -1.88. The number of hydrogen-bond acceptors (Lipinski definition) is 3. The third-order valence-corrected chi connectivity index (χ3v) is 4.21. The van der Waals surface area contributed by atoms with Crippen molar-refractivity contribution in [3.8, 4) is 0 Å². The molecular formula is C18H27N3O2. The van der Waals surface area contributed by atoms with Crippen molar-refractivity contribution in [2.45, 2.75) is 38.6 Å². The van der Waals surface area contributed by atoms with E-state index >= 15 is 0 Å². The molecule has 0 bridgehead atoms. The highest BCUT2D eigenvalue weighted by atomic mass is 16.2. The number of nitrogens with zero attached hydrogens (tertiary/aromatic N) is 1. The van der Waals surface area contributed by atoms with E-state index in [1.165, 1.54) is 0 Å². The molecule has 0 spiro atoms. The molecular weight excluding hydrogens is 290 g/mol. The van der Waals surface area contributed by atoms with Crippen LogP contribution in [0.25, 0.3) is 0 Å². The summed E-state index contributed by atoms with van der Waals surface area (Å²) in [6, 6.07) is 10.1. The number of hydrogen-bond donors (Lipinski definition) is 2. The maximum atomic E-state index is 12.1. The van der Waals surface area contributed by atoms with Crippen molar-refractivity contribution in [3.63, 3.8) is 0 Å². The van der Waals surface area contributed by atoms with Crippen LogP contribution in [0, 0.1) is 0 Å². The number of benzene rings is 1.